The molecule has 0 atom stereocenters. The number of rotatable bonds is 12. The van der Waals surface area contributed by atoms with Crippen molar-refractivity contribution in [1.82, 2.24) is 19.6 Å². The highest BCUT2D eigenvalue weighted by molar-refractivity contribution is 6.66. The molecule has 0 aromatic heterocycles. The molecule has 0 aliphatic carbocycles. The van der Waals surface area contributed by atoms with Gasteiger partial charge in [-0.3, -0.25) is 21.3 Å². The normalized spacial score (nSPS) is 17.6. The fourth-order valence-electron chi connectivity index (χ4n) is 9.96. The average molecular weight is 1630 g/mol. The fraction of sp³-hybridized carbons (Fsp3) is 0.600. The zero-order chi connectivity index (χ0) is 88.8. The summed E-state index contributed by atoms with van der Waals surface area (Å²) < 4.78 is 91.7. The molecule has 4 saturated heterocycles. The van der Waals surface area contributed by atoms with E-state index in [1.165, 1.54) is 19.6 Å². The maximum absolute atomic E-state index is 12.3. The Bertz CT molecular complexity index is 3600. The summed E-state index contributed by atoms with van der Waals surface area (Å²) in [6.07, 6.45) is -4.48. The van der Waals surface area contributed by atoms with Crippen molar-refractivity contribution in [2.24, 2.45) is 0 Å². The minimum Gasteiger partial charge on any atom is -0.444 e. The first-order chi connectivity index (χ1) is 52.4. The van der Waals surface area contributed by atoms with Crippen molar-refractivity contribution in [2.45, 2.75) is 261 Å². The molecule has 0 unspecified atom stereocenters. The molecular weight excluding hydrogens is 1500 g/mol. The van der Waals surface area contributed by atoms with Crippen LogP contribution >= 0.6 is 0 Å². The van der Waals surface area contributed by atoms with Gasteiger partial charge in [0, 0.05) is 101 Å². The van der Waals surface area contributed by atoms with Crippen LogP contribution in [-0.4, -0.2) is 220 Å². The molecule has 36 heteroatoms. The van der Waals surface area contributed by atoms with Gasteiger partial charge in [0.25, 0.3) is 0 Å². The molecule has 640 valence electrons. The Morgan fingerprint density at radius 1 is 0.267 bits per heavy atom. The van der Waals surface area contributed by atoms with Gasteiger partial charge in [0.2, 0.25) is 0 Å². The van der Waals surface area contributed by atoms with Crippen LogP contribution in [0.2, 0.25) is 0 Å². The van der Waals surface area contributed by atoms with Crippen LogP contribution in [0.4, 0.5) is 61.1 Å². The molecule has 32 nitrogen and oxygen atoms in total. The maximum atomic E-state index is 12.3. The van der Waals surface area contributed by atoms with Crippen molar-refractivity contribution in [3.63, 3.8) is 0 Å². The number of hydrogen-bond donors (Lipinski definition) is 4. The zero-order valence-corrected chi connectivity index (χ0v) is 74.8. The summed E-state index contributed by atoms with van der Waals surface area (Å²) in [5.41, 5.74) is -3.26. The van der Waals surface area contributed by atoms with Crippen molar-refractivity contribution in [1.29, 1.82) is 0 Å². The van der Waals surface area contributed by atoms with Gasteiger partial charge in [-0.05, 0) is 267 Å². The first-order valence-corrected chi connectivity index (χ1v) is 38.0. The number of benzene rings is 4. The van der Waals surface area contributed by atoms with Crippen LogP contribution in [0, 0.1) is 0 Å². The first kappa shape index (κ1) is 97.6. The number of nitrogens with one attached hydrogen (secondary N) is 4. The number of nitrogens with zero attached hydrogens (tertiary/aromatic N) is 4. The number of hydrogen-bond acceptors (Lipinski definition) is 24. The Balaban J connectivity index is 0.000000276. The second-order valence-electron chi connectivity index (χ2n) is 36.9. The largest absolute Gasteiger partial charge is 0.497 e. The van der Waals surface area contributed by atoms with Crippen molar-refractivity contribution < 1.29 is 113 Å². The summed E-state index contributed by atoms with van der Waals surface area (Å²) >= 11 is 0. The van der Waals surface area contributed by atoms with E-state index in [9.17, 15) is 38.4 Å². The summed E-state index contributed by atoms with van der Waals surface area (Å²) in [5.74, 6) is 1.23. The van der Waals surface area contributed by atoms with E-state index < -0.39 is 144 Å². The number of amides is 8. The Morgan fingerprint density at radius 3 is 0.526 bits per heavy atom. The summed E-state index contributed by atoms with van der Waals surface area (Å²) in [5, 5.41) is 10.9. The highest BCUT2D eigenvalue weighted by Gasteiger charge is 2.56. The predicted molar refractivity (Wildman–Crippen MR) is 447 cm³/mol. The van der Waals surface area contributed by atoms with Crippen LogP contribution in [0.1, 0.15) is 194 Å². The maximum Gasteiger partial charge on any atom is 0.497 e. The lowest BCUT2D eigenvalue weighted by molar-refractivity contribution is 0.00578. The van der Waals surface area contributed by atoms with Gasteiger partial charge in [0.05, 0.1) is 44.8 Å². The van der Waals surface area contributed by atoms with E-state index >= 15 is 0 Å². The van der Waals surface area contributed by atoms with Crippen molar-refractivity contribution in [3.05, 3.63) is 72.8 Å². The van der Waals surface area contributed by atoms with E-state index in [1.807, 2.05) is 111 Å². The van der Waals surface area contributed by atoms with Gasteiger partial charge in [-0.15, -0.1) is 0 Å². The third-order valence-corrected chi connectivity index (χ3v) is 18.9. The SMILES string of the molecule is CN(C)C(=O)Oc1ccc(NC(=O)OC(C)(C)C)c(B2OC(C)(C)C(C)(C)O2)c1.CN(C)C(=O)Oc1ccc(NC(=O)OC(C)(C)C)c(B2OC(C)(C)C(C)(C)O2)c1.CN(C)C(=O)Oc1ccc(NC(=O)OC(C)(C)C)c(B2OC(C)(C)C(C)(C)O2)c1.CN(C)C(=O)Oc1ccc(NC(=O)OC(C)(C)C)c(B2OC(C)(C)C(C)(C)O2)c1. The minimum atomic E-state index is -0.761. The second kappa shape index (κ2) is 36.5. The minimum absolute atomic E-state index is 0.308. The summed E-state index contributed by atoms with van der Waals surface area (Å²) in [7, 11) is 9.70. The number of anilines is 4. The van der Waals surface area contributed by atoms with Crippen LogP contribution in [0.3, 0.4) is 0 Å². The molecule has 4 aromatic carbocycles. The summed E-state index contributed by atoms with van der Waals surface area (Å²) in [6.45, 7) is 52.3. The highest BCUT2D eigenvalue weighted by atomic mass is 16.7. The average Bonchev–Trinajstić information content (AvgIpc) is 1.63. The molecule has 0 spiro atoms. The van der Waals surface area contributed by atoms with Crippen LogP contribution in [0.25, 0.3) is 0 Å². The van der Waals surface area contributed by atoms with E-state index in [-0.39, 0.29) is 0 Å². The monoisotopic (exact) mass is 1620 g/mol. The van der Waals surface area contributed by atoms with Crippen LogP contribution in [0.15, 0.2) is 72.8 Å². The Hall–Kier alpha value is -9.02. The molecular formula is C80H124B4N8O24. The third kappa shape index (κ3) is 27.5. The summed E-state index contributed by atoms with van der Waals surface area (Å²) in [6, 6.07) is 19.3. The lowest BCUT2D eigenvalue weighted by atomic mass is 9.77. The number of ether oxygens (including phenoxy) is 8. The van der Waals surface area contributed by atoms with E-state index in [0.29, 0.717) is 67.6 Å². The second-order valence-corrected chi connectivity index (χ2v) is 36.9. The zero-order valence-electron chi connectivity index (χ0n) is 74.8. The van der Waals surface area contributed by atoms with Gasteiger partial charge < -0.3 is 94.7 Å². The smallest absolute Gasteiger partial charge is 0.444 e. The van der Waals surface area contributed by atoms with E-state index in [1.54, 1.807) is 212 Å². The molecule has 0 radical (unpaired) electrons. The lowest BCUT2D eigenvalue weighted by Crippen LogP contribution is -2.41. The fourth-order valence-corrected chi connectivity index (χ4v) is 9.96. The number of carbonyl (C=O) groups excluding carboxylic acids is 8. The lowest BCUT2D eigenvalue weighted by Gasteiger charge is -2.32. The molecule has 4 aliphatic heterocycles. The standard InChI is InChI=1S/4C20H31BN2O6/c4*1-18(2,3)27-16(24)22-15-11-10-13(26-17(25)23(8)9)12-14(15)21-28-19(4,5)20(6,7)29-21/h4*10-12H,1-9H3,(H,22,24). The molecule has 4 aliphatic rings. The summed E-state index contributed by atoms with van der Waals surface area (Å²) in [4.78, 5) is 102. The Labute approximate surface area is 686 Å². The molecule has 8 amide bonds. The van der Waals surface area contributed by atoms with Gasteiger partial charge >= 0.3 is 77.2 Å². The van der Waals surface area contributed by atoms with Gasteiger partial charge in [-0.2, -0.15) is 0 Å². The molecule has 0 bridgehead atoms. The third-order valence-electron chi connectivity index (χ3n) is 18.9. The van der Waals surface area contributed by atoms with Gasteiger partial charge in [0.15, 0.2) is 0 Å². The Morgan fingerprint density at radius 2 is 0.405 bits per heavy atom. The van der Waals surface area contributed by atoms with Gasteiger partial charge in [0.1, 0.15) is 45.4 Å². The van der Waals surface area contributed by atoms with E-state index in [4.69, 9.17) is 75.1 Å². The van der Waals surface area contributed by atoms with Crippen molar-refractivity contribution >= 4 is 122 Å². The van der Waals surface area contributed by atoms with Crippen LogP contribution < -0.4 is 62.1 Å². The van der Waals surface area contributed by atoms with Crippen LogP contribution in [0.5, 0.6) is 23.0 Å². The molecule has 0 saturated carbocycles. The quantitative estimate of drug-likeness (QED) is 0.0756. The first-order valence-electron chi connectivity index (χ1n) is 38.0. The Kier molecular flexibility index (Phi) is 30.7. The molecule has 8 rings (SSSR count). The number of carbonyl (C=O) groups is 8. The highest BCUT2D eigenvalue weighted by Crippen LogP contribution is 2.42. The molecule has 116 heavy (non-hydrogen) atoms. The topological polar surface area (TPSA) is 345 Å². The molecule has 4 heterocycles. The van der Waals surface area contributed by atoms with E-state index in [2.05, 4.69) is 21.3 Å². The van der Waals surface area contributed by atoms with Crippen LogP contribution in [-0.2, 0) is 56.2 Å². The van der Waals surface area contributed by atoms with Crippen molar-refractivity contribution in [2.75, 3.05) is 77.6 Å². The predicted octanol–water partition coefficient (Wildman–Crippen LogP) is 13.6. The van der Waals surface area contributed by atoms with Gasteiger partial charge in [-0.25, -0.2) is 38.4 Å². The van der Waals surface area contributed by atoms with E-state index in [0.717, 1.165) is 0 Å². The molecule has 4 N–H and O–H groups in total. The molecule has 4 aromatic rings. The molecule has 4 fully saturated rings. The van der Waals surface area contributed by atoms with Gasteiger partial charge in [-0.1, -0.05) is 0 Å². The van der Waals surface area contributed by atoms with Crippen molar-refractivity contribution in [3.8, 4) is 23.0 Å².